The largest absolute Gasteiger partial charge is 0.309 e. The van der Waals surface area contributed by atoms with E-state index in [-0.39, 0.29) is 5.91 Å². The Morgan fingerprint density at radius 1 is 1.10 bits per heavy atom. The van der Waals surface area contributed by atoms with Gasteiger partial charge in [0.25, 0.3) is 5.91 Å². The van der Waals surface area contributed by atoms with Crippen LogP contribution in [-0.4, -0.2) is 17.4 Å². The predicted molar refractivity (Wildman–Crippen MR) is 75.7 cm³/mol. The average molecular weight is 268 g/mol. The normalized spacial score (nSPS) is 14.7. The molecule has 3 rings (SSSR count). The second-order valence-electron chi connectivity index (χ2n) is 4.57. The van der Waals surface area contributed by atoms with Gasteiger partial charge in [-0.3, -0.25) is 4.79 Å². The lowest BCUT2D eigenvalue weighted by Gasteiger charge is -2.23. The molecule has 4 heteroatoms. The van der Waals surface area contributed by atoms with Crippen LogP contribution in [0, 0.1) is 5.95 Å². The number of halogens is 1. The van der Waals surface area contributed by atoms with Gasteiger partial charge >= 0.3 is 0 Å². The molecule has 0 radical (unpaired) electrons. The summed E-state index contributed by atoms with van der Waals surface area (Å²) in [4.78, 5) is 17.3. The van der Waals surface area contributed by atoms with Gasteiger partial charge in [0.2, 0.25) is 5.95 Å². The SMILES string of the molecule is O=C1C=CCCN1c1ccc(-c2cccc(F)n2)cc1. The lowest BCUT2D eigenvalue weighted by atomic mass is 10.1. The van der Waals surface area contributed by atoms with E-state index in [0.29, 0.717) is 12.2 Å². The van der Waals surface area contributed by atoms with Crippen molar-refractivity contribution in [3.63, 3.8) is 0 Å². The number of rotatable bonds is 2. The van der Waals surface area contributed by atoms with Crippen LogP contribution in [0.25, 0.3) is 11.3 Å². The van der Waals surface area contributed by atoms with E-state index in [1.807, 2.05) is 30.3 Å². The number of anilines is 1. The van der Waals surface area contributed by atoms with Crippen molar-refractivity contribution in [2.24, 2.45) is 0 Å². The first-order valence-electron chi connectivity index (χ1n) is 6.45. The highest BCUT2D eigenvalue weighted by molar-refractivity contribution is 6.02. The van der Waals surface area contributed by atoms with Crippen LogP contribution in [-0.2, 0) is 4.79 Å². The molecule has 1 aromatic heterocycles. The van der Waals surface area contributed by atoms with Crippen molar-refractivity contribution in [1.82, 2.24) is 4.98 Å². The molecule has 3 nitrogen and oxygen atoms in total. The lowest BCUT2D eigenvalue weighted by Crippen LogP contribution is -2.32. The smallest absolute Gasteiger partial charge is 0.250 e. The summed E-state index contributed by atoms with van der Waals surface area (Å²) in [7, 11) is 0. The number of carbonyl (C=O) groups excluding carboxylic acids is 1. The molecular weight excluding hydrogens is 255 g/mol. The number of carbonyl (C=O) groups is 1. The molecular formula is C16H13FN2O. The predicted octanol–water partition coefficient (Wildman–Crippen LogP) is 3.18. The van der Waals surface area contributed by atoms with Gasteiger partial charge in [-0.05, 0) is 36.8 Å². The minimum Gasteiger partial charge on any atom is -0.309 e. The third-order valence-electron chi connectivity index (χ3n) is 3.24. The third kappa shape index (κ3) is 2.45. The van der Waals surface area contributed by atoms with E-state index >= 15 is 0 Å². The Balaban J connectivity index is 1.88. The Morgan fingerprint density at radius 3 is 2.60 bits per heavy atom. The van der Waals surface area contributed by atoms with E-state index in [1.54, 1.807) is 23.1 Å². The average Bonchev–Trinajstić information content (AvgIpc) is 2.48. The summed E-state index contributed by atoms with van der Waals surface area (Å²) in [6.45, 7) is 0.687. The molecule has 1 aliphatic rings. The van der Waals surface area contributed by atoms with Crippen molar-refractivity contribution in [3.05, 3.63) is 60.6 Å². The monoisotopic (exact) mass is 268 g/mol. The van der Waals surface area contributed by atoms with Gasteiger partial charge in [-0.15, -0.1) is 0 Å². The van der Waals surface area contributed by atoms with Gasteiger partial charge < -0.3 is 4.90 Å². The third-order valence-corrected chi connectivity index (χ3v) is 3.24. The van der Waals surface area contributed by atoms with Gasteiger partial charge in [0.15, 0.2) is 0 Å². The number of aromatic nitrogens is 1. The summed E-state index contributed by atoms with van der Waals surface area (Å²) in [5.74, 6) is -0.504. The van der Waals surface area contributed by atoms with Crippen LogP contribution in [0.5, 0.6) is 0 Å². The fourth-order valence-electron chi connectivity index (χ4n) is 2.23. The van der Waals surface area contributed by atoms with E-state index in [2.05, 4.69) is 4.98 Å². The van der Waals surface area contributed by atoms with Crippen LogP contribution in [0.4, 0.5) is 10.1 Å². The van der Waals surface area contributed by atoms with E-state index in [4.69, 9.17) is 0 Å². The molecule has 20 heavy (non-hydrogen) atoms. The Labute approximate surface area is 116 Å². The molecule has 0 saturated heterocycles. The van der Waals surface area contributed by atoms with Crippen molar-refractivity contribution in [1.29, 1.82) is 0 Å². The van der Waals surface area contributed by atoms with E-state index in [1.165, 1.54) is 6.07 Å². The minimum atomic E-state index is -0.497. The standard InChI is InChI=1S/C16H13FN2O/c17-15-5-3-4-14(18-15)12-7-9-13(10-8-12)19-11-2-1-6-16(19)20/h1,3-10H,2,11H2. The summed E-state index contributed by atoms with van der Waals surface area (Å²) in [6, 6.07) is 12.1. The van der Waals surface area contributed by atoms with E-state index < -0.39 is 5.95 Å². The lowest BCUT2D eigenvalue weighted by molar-refractivity contribution is -0.114. The number of pyridine rings is 1. The highest BCUT2D eigenvalue weighted by Gasteiger charge is 2.15. The highest BCUT2D eigenvalue weighted by atomic mass is 19.1. The van der Waals surface area contributed by atoms with Crippen molar-refractivity contribution in [2.75, 3.05) is 11.4 Å². The van der Waals surface area contributed by atoms with Crippen LogP contribution in [0.15, 0.2) is 54.6 Å². The van der Waals surface area contributed by atoms with Crippen LogP contribution in [0.3, 0.4) is 0 Å². The topological polar surface area (TPSA) is 33.2 Å². The summed E-state index contributed by atoms with van der Waals surface area (Å²) in [5, 5.41) is 0. The van der Waals surface area contributed by atoms with Gasteiger partial charge in [-0.25, -0.2) is 4.98 Å². The van der Waals surface area contributed by atoms with E-state index in [0.717, 1.165) is 17.7 Å². The quantitative estimate of drug-likeness (QED) is 0.784. The maximum absolute atomic E-state index is 13.1. The summed E-state index contributed by atoms with van der Waals surface area (Å²) in [5.41, 5.74) is 2.26. The summed E-state index contributed by atoms with van der Waals surface area (Å²) in [6.07, 6.45) is 4.33. The molecule has 0 spiro atoms. The summed E-state index contributed by atoms with van der Waals surface area (Å²) < 4.78 is 13.1. The van der Waals surface area contributed by atoms with E-state index in [9.17, 15) is 9.18 Å². The zero-order chi connectivity index (χ0) is 13.9. The molecule has 0 bridgehead atoms. The molecule has 2 heterocycles. The van der Waals surface area contributed by atoms with Gasteiger partial charge in [-0.1, -0.05) is 24.3 Å². The first-order chi connectivity index (χ1) is 9.74. The zero-order valence-corrected chi connectivity index (χ0v) is 10.8. The molecule has 1 aliphatic heterocycles. The van der Waals surface area contributed by atoms with Crippen LogP contribution in [0.2, 0.25) is 0 Å². The Hall–Kier alpha value is -2.49. The fraction of sp³-hybridized carbons (Fsp3) is 0.125. The molecule has 1 aromatic carbocycles. The fourth-order valence-corrected chi connectivity index (χ4v) is 2.23. The number of hydrogen-bond acceptors (Lipinski definition) is 2. The Kier molecular flexibility index (Phi) is 3.29. The molecule has 0 aliphatic carbocycles. The minimum absolute atomic E-state index is 0.00659. The van der Waals surface area contributed by atoms with Gasteiger partial charge in [0.05, 0.1) is 5.69 Å². The maximum Gasteiger partial charge on any atom is 0.250 e. The zero-order valence-electron chi connectivity index (χ0n) is 10.8. The first-order valence-corrected chi connectivity index (χ1v) is 6.45. The number of amides is 1. The maximum atomic E-state index is 13.1. The van der Waals surface area contributed by atoms with Crippen molar-refractivity contribution in [3.8, 4) is 11.3 Å². The number of nitrogens with zero attached hydrogens (tertiary/aromatic N) is 2. The molecule has 100 valence electrons. The van der Waals surface area contributed by atoms with Crippen LogP contribution < -0.4 is 4.90 Å². The Bertz CT molecular complexity index is 664. The van der Waals surface area contributed by atoms with Crippen molar-refractivity contribution in [2.45, 2.75) is 6.42 Å². The molecule has 0 unspecified atom stereocenters. The molecule has 2 aromatic rings. The Morgan fingerprint density at radius 2 is 1.90 bits per heavy atom. The number of hydrogen-bond donors (Lipinski definition) is 0. The summed E-state index contributed by atoms with van der Waals surface area (Å²) >= 11 is 0. The van der Waals surface area contributed by atoms with Crippen LogP contribution >= 0.6 is 0 Å². The van der Waals surface area contributed by atoms with Gasteiger partial charge in [0.1, 0.15) is 0 Å². The number of benzene rings is 1. The molecule has 0 atom stereocenters. The van der Waals surface area contributed by atoms with Gasteiger partial charge in [-0.2, -0.15) is 4.39 Å². The molecule has 1 amide bonds. The first kappa shape index (κ1) is 12.5. The second-order valence-corrected chi connectivity index (χ2v) is 4.57. The van der Waals surface area contributed by atoms with Gasteiger partial charge in [0, 0.05) is 17.8 Å². The van der Waals surface area contributed by atoms with Crippen LogP contribution in [0.1, 0.15) is 6.42 Å². The molecule has 0 saturated carbocycles. The molecule has 0 fully saturated rings. The van der Waals surface area contributed by atoms with Crippen molar-refractivity contribution < 1.29 is 9.18 Å². The van der Waals surface area contributed by atoms with Crippen molar-refractivity contribution >= 4 is 11.6 Å². The molecule has 0 N–H and O–H groups in total. The second kappa shape index (κ2) is 5.25. The highest BCUT2D eigenvalue weighted by Crippen LogP contribution is 2.23.